The van der Waals surface area contributed by atoms with Gasteiger partial charge in [-0.25, -0.2) is 4.98 Å². The second-order valence-corrected chi connectivity index (χ2v) is 9.42. The van der Waals surface area contributed by atoms with E-state index in [1.54, 1.807) is 7.05 Å². The minimum Gasteiger partial charge on any atom is -0.369 e. The molecule has 0 atom stereocenters. The molecule has 0 saturated carbocycles. The molecule has 198 valence electrons. The van der Waals surface area contributed by atoms with E-state index in [0.717, 1.165) is 51.1 Å². The second kappa shape index (κ2) is 13.5. The number of rotatable bonds is 12. The van der Waals surface area contributed by atoms with Crippen molar-refractivity contribution in [1.29, 1.82) is 0 Å². The van der Waals surface area contributed by atoms with Crippen molar-refractivity contribution in [2.45, 2.75) is 59.3 Å². The van der Waals surface area contributed by atoms with Crippen LogP contribution < -0.4 is 20.9 Å². The van der Waals surface area contributed by atoms with E-state index in [1.165, 1.54) is 12.8 Å². The van der Waals surface area contributed by atoms with Crippen LogP contribution in [0.4, 0.5) is 23.5 Å². The number of carbonyl (C=O) groups is 1. The van der Waals surface area contributed by atoms with Gasteiger partial charge in [0, 0.05) is 46.2 Å². The number of halogens is 1. The summed E-state index contributed by atoms with van der Waals surface area (Å²) in [6.07, 6.45) is 5.78. The van der Waals surface area contributed by atoms with Crippen LogP contribution >= 0.6 is 11.6 Å². The number of aromatic nitrogens is 4. The van der Waals surface area contributed by atoms with Crippen LogP contribution in [0, 0.1) is 0 Å². The summed E-state index contributed by atoms with van der Waals surface area (Å²) in [5, 5.41) is 9.79. The van der Waals surface area contributed by atoms with Crippen LogP contribution in [0.1, 0.15) is 68.2 Å². The zero-order valence-corrected chi connectivity index (χ0v) is 23.0. The standard InChI is InChI=1S/C25H40ClN9O/c1-6-9-10-11-12-28-22-20(26)17(7-2)19(23(36)27-4)21(31-22)32-24-29-18(8-3)30-25(33-24)35-15-13-34(5)14-16-35/h6-16H2,1-5H3,(H,27,36)(H2,28,29,30,31,32,33). The summed E-state index contributed by atoms with van der Waals surface area (Å²) >= 11 is 6.73. The third-order valence-electron chi connectivity index (χ3n) is 6.37. The Kier molecular flexibility index (Phi) is 10.5. The Balaban J connectivity index is 1.97. The van der Waals surface area contributed by atoms with Crippen molar-refractivity contribution in [3.63, 3.8) is 0 Å². The molecule has 11 heteroatoms. The lowest BCUT2D eigenvalue weighted by molar-refractivity contribution is 0.0963. The smallest absolute Gasteiger partial charge is 0.255 e. The molecular weight excluding hydrogens is 478 g/mol. The summed E-state index contributed by atoms with van der Waals surface area (Å²) in [5.74, 6) is 2.36. The van der Waals surface area contributed by atoms with Gasteiger partial charge in [-0.15, -0.1) is 0 Å². The first-order chi connectivity index (χ1) is 17.4. The SMILES string of the molecule is CCCCCCNc1nc(Nc2nc(CC)nc(N3CCN(C)CC3)n2)c(C(=O)NC)c(CC)c1Cl. The maximum atomic E-state index is 12.9. The molecule has 3 N–H and O–H groups in total. The minimum absolute atomic E-state index is 0.262. The first-order valence-corrected chi connectivity index (χ1v) is 13.4. The molecule has 10 nitrogen and oxygen atoms in total. The van der Waals surface area contributed by atoms with Crippen LogP contribution in [0.3, 0.4) is 0 Å². The van der Waals surface area contributed by atoms with Crippen LogP contribution in [0.25, 0.3) is 0 Å². The topological polar surface area (TPSA) is 111 Å². The van der Waals surface area contributed by atoms with Gasteiger partial charge < -0.3 is 25.8 Å². The number of anilines is 4. The zero-order valence-electron chi connectivity index (χ0n) is 22.2. The third kappa shape index (κ3) is 6.94. The molecule has 0 aromatic carbocycles. The lowest BCUT2D eigenvalue weighted by atomic mass is 10.1. The number of nitrogens with zero attached hydrogens (tertiary/aromatic N) is 6. The summed E-state index contributed by atoms with van der Waals surface area (Å²) < 4.78 is 0. The van der Waals surface area contributed by atoms with Gasteiger partial charge in [-0.05, 0) is 25.5 Å². The fourth-order valence-corrected chi connectivity index (χ4v) is 4.49. The largest absolute Gasteiger partial charge is 0.369 e. The highest BCUT2D eigenvalue weighted by Gasteiger charge is 2.24. The Labute approximate surface area is 219 Å². The van der Waals surface area contributed by atoms with Gasteiger partial charge in [0.1, 0.15) is 17.5 Å². The van der Waals surface area contributed by atoms with Crippen molar-refractivity contribution in [3.05, 3.63) is 22.0 Å². The molecule has 1 saturated heterocycles. The highest BCUT2D eigenvalue weighted by atomic mass is 35.5. The van der Waals surface area contributed by atoms with Crippen molar-refractivity contribution in [2.75, 3.05) is 62.4 Å². The summed E-state index contributed by atoms with van der Waals surface area (Å²) in [7, 11) is 3.71. The molecule has 0 aliphatic carbocycles. The third-order valence-corrected chi connectivity index (χ3v) is 6.78. The maximum Gasteiger partial charge on any atom is 0.255 e. The summed E-state index contributed by atoms with van der Waals surface area (Å²) in [6.45, 7) is 10.5. The van der Waals surface area contributed by atoms with Crippen molar-refractivity contribution in [3.8, 4) is 0 Å². The molecule has 2 aromatic heterocycles. The second-order valence-electron chi connectivity index (χ2n) is 9.04. The molecule has 0 radical (unpaired) electrons. The zero-order chi connectivity index (χ0) is 26.1. The van der Waals surface area contributed by atoms with Crippen LogP contribution in [0.5, 0.6) is 0 Å². The highest BCUT2D eigenvalue weighted by molar-refractivity contribution is 6.34. The van der Waals surface area contributed by atoms with E-state index in [-0.39, 0.29) is 5.91 Å². The first-order valence-electron chi connectivity index (χ1n) is 13.0. The van der Waals surface area contributed by atoms with Gasteiger partial charge in [-0.1, -0.05) is 51.6 Å². The summed E-state index contributed by atoms with van der Waals surface area (Å²) in [4.78, 5) is 36.1. The van der Waals surface area contributed by atoms with E-state index < -0.39 is 0 Å². The van der Waals surface area contributed by atoms with E-state index in [4.69, 9.17) is 21.6 Å². The molecule has 0 bridgehead atoms. The molecule has 3 rings (SSSR count). The minimum atomic E-state index is -0.262. The van der Waals surface area contributed by atoms with Crippen molar-refractivity contribution < 1.29 is 4.79 Å². The van der Waals surface area contributed by atoms with E-state index >= 15 is 0 Å². The molecule has 0 unspecified atom stereocenters. The van der Waals surface area contributed by atoms with Crippen LogP contribution in [0.15, 0.2) is 0 Å². The number of piperazine rings is 1. The van der Waals surface area contributed by atoms with Gasteiger partial charge in [-0.2, -0.15) is 15.0 Å². The van der Waals surface area contributed by atoms with Crippen LogP contribution in [-0.2, 0) is 12.8 Å². The Bertz CT molecular complexity index is 1030. The highest BCUT2D eigenvalue weighted by Crippen LogP contribution is 2.33. The number of unbranched alkanes of at least 4 members (excludes halogenated alkanes) is 3. The normalized spacial score (nSPS) is 14.1. The van der Waals surface area contributed by atoms with Gasteiger partial charge in [0.15, 0.2) is 0 Å². The van der Waals surface area contributed by atoms with E-state index in [9.17, 15) is 4.79 Å². The average molecular weight is 518 g/mol. The summed E-state index contributed by atoms with van der Waals surface area (Å²) in [5.41, 5.74) is 1.13. The number of likely N-dealkylation sites (N-methyl/N-ethyl adjacent to an activating group) is 1. The van der Waals surface area contributed by atoms with E-state index in [2.05, 4.69) is 49.7 Å². The quantitative estimate of drug-likeness (QED) is 0.361. The Morgan fingerprint density at radius 1 is 0.944 bits per heavy atom. The van der Waals surface area contributed by atoms with E-state index in [0.29, 0.717) is 52.8 Å². The number of amides is 1. The predicted octanol–water partition coefficient (Wildman–Crippen LogP) is 3.89. The fraction of sp³-hybridized carbons (Fsp3) is 0.640. The molecule has 1 aliphatic heterocycles. The van der Waals surface area contributed by atoms with Crippen LogP contribution in [-0.4, -0.2) is 77.6 Å². The lowest BCUT2D eigenvalue weighted by Crippen LogP contribution is -2.45. The average Bonchev–Trinajstić information content (AvgIpc) is 2.89. The predicted molar refractivity (Wildman–Crippen MR) is 147 cm³/mol. The van der Waals surface area contributed by atoms with Gasteiger partial charge in [0.2, 0.25) is 11.9 Å². The molecule has 3 heterocycles. The number of nitrogens with one attached hydrogen (secondary N) is 3. The number of pyridine rings is 1. The Hall–Kier alpha value is -2.72. The number of carbonyl (C=O) groups excluding carboxylic acids is 1. The molecule has 1 amide bonds. The van der Waals surface area contributed by atoms with Gasteiger partial charge in [0.05, 0.1) is 10.6 Å². The lowest BCUT2D eigenvalue weighted by Gasteiger charge is -2.32. The van der Waals surface area contributed by atoms with Crippen molar-refractivity contribution >= 4 is 41.0 Å². The van der Waals surface area contributed by atoms with Gasteiger partial charge >= 0.3 is 0 Å². The van der Waals surface area contributed by atoms with Crippen molar-refractivity contribution in [1.82, 2.24) is 30.2 Å². The number of aryl methyl sites for hydroxylation is 1. The number of hydrogen-bond acceptors (Lipinski definition) is 9. The number of hydrogen-bond donors (Lipinski definition) is 3. The van der Waals surface area contributed by atoms with E-state index in [1.807, 2.05) is 13.8 Å². The van der Waals surface area contributed by atoms with Crippen molar-refractivity contribution in [2.24, 2.45) is 0 Å². The fourth-order valence-electron chi connectivity index (χ4n) is 4.16. The first kappa shape index (κ1) is 27.9. The van der Waals surface area contributed by atoms with Crippen LogP contribution in [0.2, 0.25) is 5.02 Å². The molecule has 1 aliphatic rings. The molecular formula is C25H40ClN9O. The van der Waals surface area contributed by atoms with Gasteiger partial charge in [0.25, 0.3) is 5.91 Å². The molecule has 0 spiro atoms. The Morgan fingerprint density at radius 3 is 2.33 bits per heavy atom. The van der Waals surface area contributed by atoms with Gasteiger partial charge in [-0.3, -0.25) is 4.79 Å². The summed E-state index contributed by atoms with van der Waals surface area (Å²) in [6, 6.07) is 0. The Morgan fingerprint density at radius 2 is 1.69 bits per heavy atom. The molecule has 1 fully saturated rings. The monoisotopic (exact) mass is 517 g/mol. The maximum absolute atomic E-state index is 12.9. The molecule has 2 aromatic rings. The molecule has 36 heavy (non-hydrogen) atoms.